The van der Waals surface area contributed by atoms with E-state index in [1.54, 1.807) is 19.1 Å². The van der Waals surface area contributed by atoms with Gasteiger partial charge in [-0.05, 0) is 26.0 Å². The Kier molecular flexibility index (Phi) is 4.50. The summed E-state index contributed by atoms with van der Waals surface area (Å²) in [6.07, 6.45) is 0. The Morgan fingerprint density at radius 1 is 1.42 bits per heavy atom. The molecule has 1 amide bonds. The zero-order valence-electron chi connectivity index (χ0n) is 11.4. The van der Waals surface area contributed by atoms with Crippen LogP contribution in [0.15, 0.2) is 18.2 Å². The Bertz CT molecular complexity index is 458. The maximum Gasteiger partial charge on any atom is 0.241 e. The maximum atomic E-state index is 13.4. The number of benzene rings is 1. The van der Waals surface area contributed by atoms with Gasteiger partial charge in [-0.2, -0.15) is 0 Å². The van der Waals surface area contributed by atoms with E-state index in [4.69, 9.17) is 0 Å². The van der Waals surface area contributed by atoms with Gasteiger partial charge in [-0.15, -0.1) is 0 Å². The average Bonchev–Trinajstić information content (AvgIpc) is 2.44. The number of nitrogens with zero attached hydrogens (tertiary/aromatic N) is 1. The summed E-state index contributed by atoms with van der Waals surface area (Å²) in [5.74, 6) is -0.386. The van der Waals surface area contributed by atoms with Gasteiger partial charge in [0.1, 0.15) is 5.82 Å². The molecule has 5 heteroatoms. The molecule has 0 saturated carbocycles. The van der Waals surface area contributed by atoms with E-state index in [1.807, 2.05) is 6.92 Å². The van der Waals surface area contributed by atoms with E-state index in [2.05, 4.69) is 15.5 Å². The van der Waals surface area contributed by atoms with E-state index < -0.39 is 0 Å². The molecule has 19 heavy (non-hydrogen) atoms. The summed E-state index contributed by atoms with van der Waals surface area (Å²) in [6.45, 7) is 7.07. The molecule has 0 bridgehead atoms. The highest BCUT2D eigenvalue weighted by atomic mass is 19.1. The maximum absolute atomic E-state index is 13.4. The van der Waals surface area contributed by atoms with Crippen molar-refractivity contribution in [1.82, 2.24) is 10.2 Å². The minimum Gasteiger partial charge on any atom is -0.324 e. The van der Waals surface area contributed by atoms with Crippen LogP contribution in [0.25, 0.3) is 0 Å². The number of carbonyl (C=O) groups excluding carboxylic acids is 1. The summed E-state index contributed by atoms with van der Waals surface area (Å²) in [6, 6.07) is 4.52. The normalized spacial score (nSPS) is 18.1. The second-order valence-electron chi connectivity index (χ2n) is 4.86. The molecule has 0 aromatic heterocycles. The molecule has 0 radical (unpaired) electrons. The van der Waals surface area contributed by atoms with E-state index in [1.165, 1.54) is 6.07 Å². The molecule has 1 unspecified atom stereocenters. The van der Waals surface area contributed by atoms with Gasteiger partial charge in [-0.3, -0.25) is 9.69 Å². The van der Waals surface area contributed by atoms with Crippen molar-refractivity contribution < 1.29 is 9.18 Å². The average molecular weight is 265 g/mol. The number of amides is 1. The summed E-state index contributed by atoms with van der Waals surface area (Å²) < 4.78 is 13.4. The Morgan fingerprint density at radius 2 is 2.11 bits per heavy atom. The number of carbonyl (C=O) groups is 1. The zero-order chi connectivity index (χ0) is 13.8. The first-order valence-electron chi connectivity index (χ1n) is 6.60. The summed E-state index contributed by atoms with van der Waals surface area (Å²) in [7, 11) is 0. The molecular weight excluding hydrogens is 245 g/mol. The first-order chi connectivity index (χ1) is 9.09. The van der Waals surface area contributed by atoms with Crippen molar-refractivity contribution in [3.8, 4) is 0 Å². The number of nitrogens with one attached hydrogen (secondary N) is 2. The van der Waals surface area contributed by atoms with E-state index in [-0.39, 0.29) is 17.8 Å². The summed E-state index contributed by atoms with van der Waals surface area (Å²) in [5.41, 5.74) is 1.02. The quantitative estimate of drug-likeness (QED) is 0.867. The molecule has 0 aliphatic carbocycles. The van der Waals surface area contributed by atoms with Crippen molar-refractivity contribution in [2.45, 2.75) is 19.9 Å². The Labute approximate surface area is 113 Å². The second kappa shape index (κ2) is 6.12. The van der Waals surface area contributed by atoms with Crippen LogP contribution >= 0.6 is 0 Å². The summed E-state index contributed by atoms with van der Waals surface area (Å²) in [4.78, 5) is 14.3. The minimum absolute atomic E-state index is 0.0874. The lowest BCUT2D eigenvalue weighted by Crippen LogP contribution is -2.51. The first kappa shape index (κ1) is 14.0. The third-order valence-corrected chi connectivity index (χ3v) is 3.60. The van der Waals surface area contributed by atoms with Gasteiger partial charge in [-0.1, -0.05) is 6.07 Å². The van der Waals surface area contributed by atoms with E-state index in [9.17, 15) is 9.18 Å². The molecule has 4 nitrogen and oxygen atoms in total. The van der Waals surface area contributed by atoms with Gasteiger partial charge in [0, 0.05) is 37.4 Å². The molecule has 2 N–H and O–H groups in total. The van der Waals surface area contributed by atoms with E-state index >= 15 is 0 Å². The van der Waals surface area contributed by atoms with Crippen molar-refractivity contribution in [3.05, 3.63) is 29.6 Å². The fraction of sp³-hybridized carbons (Fsp3) is 0.500. The predicted octanol–water partition coefficient (Wildman–Crippen LogP) is 1.37. The molecule has 1 aromatic rings. The van der Waals surface area contributed by atoms with Gasteiger partial charge in [0.2, 0.25) is 5.91 Å². The molecule has 104 valence electrons. The van der Waals surface area contributed by atoms with Crippen LogP contribution < -0.4 is 10.6 Å². The highest BCUT2D eigenvalue weighted by Crippen LogP contribution is 2.18. The fourth-order valence-electron chi connectivity index (χ4n) is 2.22. The first-order valence-corrected chi connectivity index (χ1v) is 6.60. The smallest absolute Gasteiger partial charge is 0.241 e. The summed E-state index contributed by atoms with van der Waals surface area (Å²) in [5, 5.41) is 6.06. The number of piperazine rings is 1. The largest absolute Gasteiger partial charge is 0.324 e. The zero-order valence-corrected chi connectivity index (χ0v) is 11.4. The molecule has 1 aliphatic rings. The number of hydrogen-bond acceptors (Lipinski definition) is 3. The van der Waals surface area contributed by atoms with E-state index in [0.717, 1.165) is 26.2 Å². The van der Waals surface area contributed by atoms with Crippen LogP contribution in [0.3, 0.4) is 0 Å². The van der Waals surface area contributed by atoms with Crippen LogP contribution in [0.4, 0.5) is 10.1 Å². The highest BCUT2D eigenvalue weighted by Gasteiger charge is 2.23. The summed E-state index contributed by atoms with van der Waals surface area (Å²) >= 11 is 0. The van der Waals surface area contributed by atoms with Crippen LogP contribution in [0.5, 0.6) is 0 Å². The molecule has 2 rings (SSSR count). The topological polar surface area (TPSA) is 44.4 Å². The molecule has 1 fully saturated rings. The third-order valence-electron chi connectivity index (χ3n) is 3.60. The second-order valence-corrected chi connectivity index (χ2v) is 4.86. The van der Waals surface area contributed by atoms with Crippen molar-refractivity contribution in [2.24, 2.45) is 0 Å². The van der Waals surface area contributed by atoms with Gasteiger partial charge in [0.15, 0.2) is 0 Å². The number of hydrogen-bond donors (Lipinski definition) is 2. The molecule has 1 saturated heterocycles. The number of rotatable bonds is 3. The Hall–Kier alpha value is -1.46. The number of halogens is 1. The molecular formula is C14H20FN3O. The molecule has 1 heterocycles. The van der Waals surface area contributed by atoms with Crippen LogP contribution in [0, 0.1) is 12.7 Å². The molecule has 1 aromatic carbocycles. The van der Waals surface area contributed by atoms with Gasteiger partial charge >= 0.3 is 0 Å². The lowest BCUT2D eigenvalue weighted by Gasteiger charge is -2.31. The number of anilines is 1. The molecule has 1 atom stereocenters. The predicted molar refractivity (Wildman–Crippen MR) is 73.7 cm³/mol. The minimum atomic E-state index is -0.298. The van der Waals surface area contributed by atoms with Gasteiger partial charge in [-0.25, -0.2) is 4.39 Å². The highest BCUT2D eigenvalue weighted by molar-refractivity contribution is 5.95. The Balaban J connectivity index is 2.01. The SMILES string of the molecule is Cc1c(F)cccc1NC(=O)C(C)N1CCNCC1. The third kappa shape index (κ3) is 3.30. The van der Waals surface area contributed by atoms with Crippen molar-refractivity contribution in [3.63, 3.8) is 0 Å². The monoisotopic (exact) mass is 265 g/mol. The van der Waals surface area contributed by atoms with Crippen LogP contribution in [-0.4, -0.2) is 43.0 Å². The molecule has 1 aliphatic heterocycles. The fourth-order valence-corrected chi connectivity index (χ4v) is 2.22. The van der Waals surface area contributed by atoms with Crippen molar-refractivity contribution in [2.75, 3.05) is 31.5 Å². The van der Waals surface area contributed by atoms with Gasteiger partial charge in [0.05, 0.1) is 6.04 Å². The van der Waals surface area contributed by atoms with Crippen LogP contribution in [-0.2, 0) is 4.79 Å². The van der Waals surface area contributed by atoms with Crippen molar-refractivity contribution in [1.29, 1.82) is 0 Å². The Morgan fingerprint density at radius 3 is 2.79 bits per heavy atom. The van der Waals surface area contributed by atoms with Crippen LogP contribution in [0.1, 0.15) is 12.5 Å². The van der Waals surface area contributed by atoms with Gasteiger partial charge < -0.3 is 10.6 Å². The van der Waals surface area contributed by atoms with Crippen LogP contribution in [0.2, 0.25) is 0 Å². The molecule has 0 spiro atoms. The van der Waals surface area contributed by atoms with Crippen molar-refractivity contribution >= 4 is 11.6 Å². The van der Waals surface area contributed by atoms with E-state index in [0.29, 0.717) is 11.3 Å². The standard InChI is InChI=1S/C14H20FN3O/c1-10-12(15)4-3-5-13(10)17-14(19)11(2)18-8-6-16-7-9-18/h3-5,11,16H,6-9H2,1-2H3,(H,17,19). The lowest BCUT2D eigenvalue weighted by molar-refractivity contribution is -0.120. The lowest BCUT2D eigenvalue weighted by atomic mass is 10.1. The van der Waals surface area contributed by atoms with Gasteiger partial charge in [0.25, 0.3) is 0 Å².